The number of hydrogen-bond donors (Lipinski definition) is 3. The van der Waals surface area contributed by atoms with Crippen molar-refractivity contribution in [2.75, 3.05) is 0 Å². The number of benzene rings is 1. The summed E-state index contributed by atoms with van der Waals surface area (Å²) in [7, 11) is 0. The van der Waals surface area contributed by atoms with Crippen molar-refractivity contribution in [1.29, 1.82) is 0 Å². The van der Waals surface area contributed by atoms with Crippen LogP contribution in [-0.2, 0) is 11.3 Å². The predicted molar refractivity (Wildman–Crippen MR) is 80.4 cm³/mol. The van der Waals surface area contributed by atoms with Gasteiger partial charge >= 0.3 is 12.0 Å². The third-order valence-corrected chi connectivity index (χ3v) is 3.48. The molecule has 0 saturated carbocycles. The van der Waals surface area contributed by atoms with Crippen LogP contribution < -0.4 is 10.6 Å². The summed E-state index contributed by atoms with van der Waals surface area (Å²) in [6.45, 7) is 4.16. The second-order valence-corrected chi connectivity index (χ2v) is 5.79. The van der Waals surface area contributed by atoms with Gasteiger partial charge in [-0.05, 0) is 24.0 Å². The summed E-state index contributed by atoms with van der Waals surface area (Å²) >= 11 is 3.39. The highest BCUT2D eigenvalue weighted by molar-refractivity contribution is 9.10. The van der Waals surface area contributed by atoms with Gasteiger partial charge in [0.1, 0.15) is 6.04 Å². The highest BCUT2D eigenvalue weighted by Gasteiger charge is 2.20. The van der Waals surface area contributed by atoms with Gasteiger partial charge < -0.3 is 15.7 Å². The molecule has 0 radical (unpaired) electrons. The van der Waals surface area contributed by atoms with E-state index in [1.54, 1.807) is 0 Å². The lowest BCUT2D eigenvalue weighted by molar-refractivity contribution is -0.139. The van der Waals surface area contributed by atoms with E-state index in [4.69, 9.17) is 5.11 Å². The molecule has 0 aliphatic heterocycles. The number of carboxylic acid groups (broad SMARTS) is 1. The first-order valence-corrected chi connectivity index (χ1v) is 7.20. The molecule has 5 nitrogen and oxygen atoms in total. The number of hydrogen-bond acceptors (Lipinski definition) is 2. The highest BCUT2D eigenvalue weighted by Crippen LogP contribution is 2.15. The Labute approximate surface area is 126 Å². The number of amides is 2. The molecule has 0 spiro atoms. The molecular weight excluding hydrogens is 324 g/mol. The van der Waals surface area contributed by atoms with Crippen molar-refractivity contribution in [1.82, 2.24) is 10.6 Å². The molecule has 20 heavy (non-hydrogen) atoms. The van der Waals surface area contributed by atoms with E-state index in [1.807, 2.05) is 38.1 Å². The lowest BCUT2D eigenvalue weighted by Crippen LogP contribution is -2.46. The summed E-state index contributed by atoms with van der Waals surface area (Å²) < 4.78 is 0.900. The molecule has 0 heterocycles. The van der Waals surface area contributed by atoms with E-state index in [0.717, 1.165) is 10.0 Å². The van der Waals surface area contributed by atoms with Crippen molar-refractivity contribution in [3.63, 3.8) is 0 Å². The van der Waals surface area contributed by atoms with Crippen LogP contribution >= 0.6 is 15.9 Å². The number of urea groups is 1. The van der Waals surface area contributed by atoms with Gasteiger partial charge in [-0.2, -0.15) is 0 Å². The fourth-order valence-corrected chi connectivity index (χ4v) is 2.14. The van der Waals surface area contributed by atoms with Crippen LogP contribution in [0.4, 0.5) is 4.79 Å². The van der Waals surface area contributed by atoms with E-state index in [2.05, 4.69) is 26.6 Å². The van der Waals surface area contributed by atoms with Gasteiger partial charge in [-0.1, -0.05) is 48.0 Å². The summed E-state index contributed by atoms with van der Waals surface area (Å²) in [5.41, 5.74) is 0.929. The largest absolute Gasteiger partial charge is 0.480 e. The molecule has 0 fully saturated rings. The second kappa shape index (κ2) is 7.89. The number of rotatable bonds is 6. The molecule has 1 rings (SSSR count). The molecule has 1 aromatic rings. The van der Waals surface area contributed by atoms with Crippen molar-refractivity contribution in [3.05, 3.63) is 34.3 Å². The number of halogens is 1. The molecule has 0 aliphatic rings. The van der Waals surface area contributed by atoms with Gasteiger partial charge in [0.05, 0.1) is 0 Å². The Balaban J connectivity index is 2.50. The number of carboxylic acids is 1. The molecule has 0 aliphatic carbocycles. The first kappa shape index (κ1) is 16.5. The topological polar surface area (TPSA) is 78.4 Å². The molecule has 1 atom stereocenters. The normalized spacial score (nSPS) is 12.0. The first-order valence-electron chi connectivity index (χ1n) is 6.40. The van der Waals surface area contributed by atoms with Crippen LogP contribution in [0.3, 0.4) is 0 Å². The second-order valence-electron chi connectivity index (χ2n) is 4.94. The van der Waals surface area contributed by atoms with E-state index in [0.29, 0.717) is 13.0 Å². The molecule has 2 amide bonds. The van der Waals surface area contributed by atoms with Gasteiger partial charge in [0.25, 0.3) is 0 Å². The Morgan fingerprint density at radius 3 is 2.50 bits per heavy atom. The molecule has 0 unspecified atom stereocenters. The van der Waals surface area contributed by atoms with Gasteiger partial charge in [0.15, 0.2) is 0 Å². The summed E-state index contributed by atoms with van der Waals surface area (Å²) in [5.74, 6) is -0.825. The maximum absolute atomic E-state index is 11.7. The van der Waals surface area contributed by atoms with Gasteiger partial charge in [0, 0.05) is 11.0 Å². The lowest BCUT2D eigenvalue weighted by Gasteiger charge is -2.17. The fraction of sp³-hybridized carbons (Fsp3) is 0.429. The molecule has 0 aromatic heterocycles. The summed E-state index contributed by atoms with van der Waals surface area (Å²) in [4.78, 5) is 22.8. The summed E-state index contributed by atoms with van der Waals surface area (Å²) in [6, 6.07) is 6.18. The standard InChI is InChI=1S/C14H19BrN2O3/c1-9(2)7-12(13(18)19)17-14(20)16-8-10-5-3-4-6-11(10)15/h3-6,9,12H,7-8H2,1-2H3,(H,18,19)(H2,16,17,20)/t12-/m0/s1. The SMILES string of the molecule is CC(C)C[C@H](NC(=O)NCc1ccccc1Br)C(=O)O. The minimum Gasteiger partial charge on any atom is -0.480 e. The van der Waals surface area contributed by atoms with Crippen molar-refractivity contribution >= 4 is 27.9 Å². The minimum absolute atomic E-state index is 0.194. The fourth-order valence-electron chi connectivity index (χ4n) is 1.72. The Hall–Kier alpha value is -1.56. The van der Waals surface area contributed by atoms with Crippen LogP contribution in [0, 0.1) is 5.92 Å². The van der Waals surface area contributed by atoms with E-state index in [-0.39, 0.29) is 5.92 Å². The number of carbonyl (C=O) groups is 2. The molecule has 1 aromatic carbocycles. The molecule has 6 heteroatoms. The zero-order valence-electron chi connectivity index (χ0n) is 11.5. The number of carbonyl (C=O) groups excluding carboxylic acids is 1. The van der Waals surface area contributed by atoms with Crippen molar-refractivity contribution < 1.29 is 14.7 Å². The maximum Gasteiger partial charge on any atom is 0.326 e. The molecule has 110 valence electrons. The molecular formula is C14H19BrN2O3. The van der Waals surface area contributed by atoms with E-state index in [1.165, 1.54) is 0 Å². The van der Waals surface area contributed by atoms with Gasteiger partial charge in [0.2, 0.25) is 0 Å². The van der Waals surface area contributed by atoms with Crippen molar-refractivity contribution in [2.24, 2.45) is 5.92 Å². The Morgan fingerprint density at radius 1 is 1.30 bits per heavy atom. The van der Waals surface area contributed by atoms with Crippen LogP contribution in [0.15, 0.2) is 28.7 Å². The maximum atomic E-state index is 11.7. The quantitative estimate of drug-likeness (QED) is 0.743. The predicted octanol–water partition coefficient (Wildman–Crippen LogP) is 2.75. The average Bonchev–Trinajstić information content (AvgIpc) is 2.36. The van der Waals surface area contributed by atoms with Crippen LogP contribution in [0.2, 0.25) is 0 Å². The van der Waals surface area contributed by atoms with Crippen LogP contribution in [0.1, 0.15) is 25.8 Å². The molecule has 3 N–H and O–H groups in total. The van der Waals surface area contributed by atoms with Gasteiger partial charge in [-0.3, -0.25) is 0 Å². The number of nitrogens with one attached hydrogen (secondary N) is 2. The van der Waals surface area contributed by atoms with E-state index >= 15 is 0 Å². The summed E-state index contributed by atoms with van der Waals surface area (Å²) in [5, 5.41) is 14.2. The van der Waals surface area contributed by atoms with Crippen molar-refractivity contribution in [3.8, 4) is 0 Å². The highest BCUT2D eigenvalue weighted by atomic mass is 79.9. The van der Waals surface area contributed by atoms with Crippen LogP contribution in [-0.4, -0.2) is 23.1 Å². The van der Waals surface area contributed by atoms with E-state index < -0.39 is 18.0 Å². The zero-order chi connectivity index (χ0) is 15.1. The minimum atomic E-state index is -1.02. The molecule has 0 saturated heterocycles. The van der Waals surface area contributed by atoms with Crippen LogP contribution in [0.25, 0.3) is 0 Å². The smallest absolute Gasteiger partial charge is 0.326 e. The number of aliphatic carboxylic acids is 1. The Morgan fingerprint density at radius 2 is 1.95 bits per heavy atom. The van der Waals surface area contributed by atoms with Gasteiger partial charge in [-0.15, -0.1) is 0 Å². The summed E-state index contributed by atoms with van der Waals surface area (Å²) in [6.07, 6.45) is 0.401. The van der Waals surface area contributed by atoms with Crippen molar-refractivity contribution in [2.45, 2.75) is 32.9 Å². The van der Waals surface area contributed by atoms with E-state index in [9.17, 15) is 9.59 Å². The van der Waals surface area contributed by atoms with Gasteiger partial charge in [-0.25, -0.2) is 9.59 Å². The third-order valence-electron chi connectivity index (χ3n) is 2.71. The first-order chi connectivity index (χ1) is 9.40. The Bertz CT molecular complexity index is 477. The Kier molecular flexibility index (Phi) is 6.51. The molecule has 0 bridgehead atoms. The monoisotopic (exact) mass is 342 g/mol. The lowest BCUT2D eigenvalue weighted by atomic mass is 10.0. The third kappa shape index (κ3) is 5.61. The zero-order valence-corrected chi connectivity index (χ0v) is 13.1. The average molecular weight is 343 g/mol. The van der Waals surface area contributed by atoms with Crippen LogP contribution in [0.5, 0.6) is 0 Å².